The van der Waals surface area contributed by atoms with Gasteiger partial charge in [-0.25, -0.2) is 9.36 Å². The lowest BCUT2D eigenvalue weighted by atomic mass is 10.0. The molecule has 1 aromatic carbocycles. The Balaban J connectivity index is 1.72. The summed E-state index contributed by atoms with van der Waals surface area (Å²) in [6.45, 7) is 2.57. The highest BCUT2D eigenvalue weighted by Crippen LogP contribution is 2.44. The van der Waals surface area contributed by atoms with Crippen molar-refractivity contribution >= 4 is 30.4 Å². The van der Waals surface area contributed by atoms with Gasteiger partial charge in [0.2, 0.25) is 5.91 Å². The molecule has 1 saturated heterocycles. The van der Waals surface area contributed by atoms with E-state index >= 15 is 0 Å². The molecule has 2 aromatic rings. The van der Waals surface area contributed by atoms with Crippen LogP contribution in [0, 0.1) is 6.92 Å². The van der Waals surface area contributed by atoms with Crippen molar-refractivity contribution < 1.29 is 27.7 Å². The van der Waals surface area contributed by atoms with E-state index in [0.29, 0.717) is 37.1 Å². The highest BCUT2D eigenvalue weighted by atomic mass is 31.2. The Morgan fingerprint density at radius 2 is 2.00 bits per heavy atom. The lowest BCUT2D eigenvalue weighted by Crippen LogP contribution is -2.42. The topological polar surface area (TPSA) is 110 Å². The van der Waals surface area contributed by atoms with Gasteiger partial charge in [-0.2, -0.15) is 0 Å². The van der Waals surface area contributed by atoms with Crippen LogP contribution >= 0.6 is 7.82 Å². The van der Waals surface area contributed by atoms with E-state index in [1.54, 1.807) is 11.0 Å². The number of anilines is 1. The van der Waals surface area contributed by atoms with Crippen LogP contribution in [-0.4, -0.2) is 56.1 Å². The van der Waals surface area contributed by atoms with E-state index in [1.165, 1.54) is 0 Å². The molecule has 0 saturated carbocycles. The first-order chi connectivity index (χ1) is 14.1. The number of fused-ring (bicyclic) bond motifs is 1. The molecule has 164 valence electrons. The SMILES string of the molecule is COP(=O)(O)OC1CCN(C(=O)Cc2c(C)c3ccc(N(C)C)cc3oc2=O)CC1. The van der Waals surface area contributed by atoms with Gasteiger partial charge in [0.05, 0.1) is 18.1 Å². The molecule has 2 heterocycles. The Labute approximate surface area is 174 Å². The number of hydrogen-bond acceptors (Lipinski definition) is 7. The second-order valence-electron chi connectivity index (χ2n) is 7.58. The number of amides is 1. The van der Waals surface area contributed by atoms with Crippen LogP contribution < -0.4 is 10.5 Å². The Morgan fingerprint density at radius 1 is 1.33 bits per heavy atom. The second-order valence-corrected chi connectivity index (χ2v) is 9.09. The average molecular weight is 438 g/mol. The largest absolute Gasteiger partial charge is 0.472 e. The number of benzene rings is 1. The first-order valence-electron chi connectivity index (χ1n) is 9.69. The monoisotopic (exact) mass is 438 g/mol. The van der Waals surface area contributed by atoms with Crippen molar-refractivity contribution in [3.8, 4) is 0 Å². The third kappa shape index (κ3) is 4.92. The third-order valence-electron chi connectivity index (χ3n) is 5.42. The Kier molecular flexibility index (Phi) is 6.67. The van der Waals surface area contributed by atoms with Gasteiger partial charge in [0.25, 0.3) is 0 Å². The minimum Gasteiger partial charge on any atom is -0.422 e. The Bertz CT molecular complexity index is 1040. The molecule has 1 amide bonds. The summed E-state index contributed by atoms with van der Waals surface area (Å²) in [5.41, 5.74) is 1.98. The number of aryl methyl sites for hydroxylation is 1. The molecule has 1 aromatic heterocycles. The molecule has 0 aliphatic carbocycles. The van der Waals surface area contributed by atoms with Gasteiger partial charge < -0.3 is 19.1 Å². The van der Waals surface area contributed by atoms with E-state index < -0.39 is 19.6 Å². The van der Waals surface area contributed by atoms with Crippen molar-refractivity contribution in [2.75, 3.05) is 39.2 Å². The predicted octanol–water partition coefficient (Wildman–Crippen LogP) is 2.46. The van der Waals surface area contributed by atoms with E-state index in [1.807, 2.05) is 38.1 Å². The number of phosphoric ester groups is 1. The number of rotatable bonds is 6. The van der Waals surface area contributed by atoms with Crippen LogP contribution in [0.25, 0.3) is 11.0 Å². The fourth-order valence-electron chi connectivity index (χ4n) is 3.57. The van der Waals surface area contributed by atoms with E-state index in [-0.39, 0.29) is 12.3 Å². The Morgan fingerprint density at radius 3 is 2.60 bits per heavy atom. The highest BCUT2D eigenvalue weighted by molar-refractivity contribution is 7.47. The standard InChI is InChI=1S/C20H27N2O7P/c1-13-16-6-5-14(21(2)3)11-18(16)28-20(24)17(13)12-19(23)22-9-7-15(8-10-22)29-30(25,26)27-4/h5-6,11,15H,7-10,12H2,1-4H3,(H,25,26). The van der Waals surface area contributed by atoms with E-state index in [0.717, 1.165) is 23.7 Å². The lowest BCUT2D eigenvalue weighted by Gasteiger charge is -2.32. The number of carbonyl (C=O) groups excluding carboxylic acids is 1. The molecule has 0 bridgehead atoms. The zero-order valence-electron chi connectivity index (χ0n) is 17.6. The minimum atomic E-state index is -4.05. The van der Waals surface area contributed by atoms with Crippen LogP contribution in [-0.2, 0) is 24.8 Å². The summed E-state index contributed by atoms with van der Waals surface area (Å²) in [4.78, 5) is 38.3. The van der Waals surface area contributed by atoms with Crippen molar-refractivity contribution in [1.29, 1.82) is 0 Å². The van der Waals surface area contributed by atoms with Crippen LogP contribution in [0.15, 0.2) is 27.4 Å². The van der Waals surface area contributed by atoms with Gasteiger partial charge in [0.15, 0.2) is 0 Å². The van der Waals surface area contributed by atoms with Gasteiger partial charge in [-0.15, -0.1) is 0 Å². The van der Waals surface area contributed by atoms with Crippen molar-refractivity contribution in [3.05, 3.63) is 39.7 Å². The van der Waals surface area contributed by atoms with E-state index in [4.69, 9.17) is 8.94 Å². The molecular formula is C20H27N2O7P. The van der Waals surface area contributed by atoms with Crippen molar-refractivity contribution in [3.63, 3.8) is 0 Å². The predicted molar refractivity (Wildman–Crippen MR) is 113 cm³/mol. The van der Waals surface area contributed by atoms with Crippen molar-refractivity contribution in [1.82, 2.24) is 4.90 Å². The molecule has 1 aliphatic rings. The number of phosphoric acid groups is 1. The maximum atomic E-state index is 12.8. The molecule has 30 heavy (non-hydrogen) atoms. The van der Waals surface area contributed by atoms with Crippen LogP contribution in [0.3, 0.4) is 0 Å². The van der Waals surface area contributed by atoms with Gasteiger partial charge in [-0.3, -0.25) is 13.8 Å². The molecule has 0 radical (unpaired) electrons. The van der Waals surface area contributed by atoms with E-state index in [9.17, 15) is 19.0 Å². The van der Waals surface area contributed by atoms with Crippen LogP contribution in [0.5, 0.6) is 0 Å². The molecule has 9 nitrogen and oxygen atoms in total. The van der Waals surface area contributed by atoms with Crippen molar-refractivity contribution in [2.45, 2.75) is 32.3 Å². The second kappa shape index (κ2) is 8.89. The molecule has 1 unspecified atom stereocenters. The normalized spacial score (nSPS) is 17.2. The number of piperidine rings is 1. The summed E-state index contributed by atoms with van der Waals surface area (Å²) in [5.74, 6) is -0.188. The summed E-state index contributed by atoms with van der Waals surface area (Å²) >= 11 is 0. The molecule has 3 rings (SSSR count). The summed E-state index contributed by atoms with van der Waals surface area (Å²) in [6.07, 6.45) is 0.321. The van der Waals surface area contributed by atoms with Gasteiger partial charge in [0, 0.05) is 51.4 Å². The number of likely N-dealkylation sites (tertiary alicyclic amines) is 1. The van der Waals surface area contributed by atoms with Crippen molar-refractivity contribution in [2.24, 2.45) is 0 Å². The zero-order valence-corrected chi connectivity index (χ0v) is 18.5. The van der Waals surface area contributed by atoms with Gasteiger partial charge in [-0.1, -0.05) is 0 Å². The number of nitrogens with zero attached hydrogens (tertiary/aromatic N) is 2. The molecule has 1 N–H and O–H groups in total. The fraction of sp³-hybridized carbons (Fsp3) is 0.500. The lowest BCUT2D eigenvalue weighted by molar-refractivity contribution is -0.132. The maximum Gasteiger partial charge on any atom is 0.472 e. The molecule has 10 heteroatoms. The highest BCUT2D eigenvalue weighted by Gasteiger charge is 2.30. The van der Waals surface area contributed by atoms with Gasteiger partial charge in [-0.05, 0) is 37.5 Å². The summed E-state index contributed by atoms with van der Waals surface area (Å²) in [5, 5.41) is 0.799. The summed E-state index contributed by atoms with van der Waals surface area (Å²) in [6, 6.07) is 5.63. The minimum absolute atomic E-state index is 0.0539. The number of carbonyl (C=O) groups is 1. The molecule has 1 atom stereocenters. The van der Waals surface area contributed by atoms with Crippen LogP contribution in [0.2, 0.25) is 0 Å². The number of hydrogen-bond donors (Lipinski definition) is 1. The first kappa shape index (κ1) is 22.5. The first-order valence-corrected chi connectivity index (χ1v) is 11.2. The third-order valence-corrected chi connectivity index (χ3v) is 6.45. The average Bonchev–Trinajstić information content (AvgIpc) is 2.70. The van der Waals surface area contributed by atoms with Crippen LogP contribution in [0.1, 0.15) is 24.0 Å². The zero-order chi connectivity index (χ0) is 22.1. The van der Waals surface area contributed by atoms with Gasteiger partial charge in [0.1, 0.15) is 5.58 Å². The molecule has 1 aliphatic heterocycles. The van der Waals surface area contributed by atoms with Gasteiger partial charge >= 0.3 is 13.4 Å². The maximum absolute atomic E-state index is 12.8. The van der Waals surface area contributed by atoms with E-state index in [2.05, 4.69) is 4.52 Å². The summed E-state index contributed by atoms with van der Waals surface area (Å²) in [7, 11) is 0.872. The summed E-state index contributed by atoms with van der Waals surface area (Å²) < 4.78 is 26.5. The Hall–Kier alpha value is -2.19. The quantitative estimate of drug-likeness (QED) is 0.541. The molecule has 0 spiro atoms. The smallest absolute Gasteiger partial charge is 0.422 e. The molecular weight excluding hydrogens is 411 g/mol. The van der Waals surface area contributed by atoms with Crippen LogP contribution in [0.4, 0.5) is 5.69 Å². The fourth-order valence-corrected chi connectivity index (χ4v) is 4.24. The molecule has 1 fully saturated rings.